The molecule has 1 fully saturated rings. The number of nitriles is 1. The van der Waals surface area contributed by atoms with Gasteiger partial charge in [0.1, 0.15) is 17.6 Å². The van der Waals surface area contributed by atoms with Crippen LogP contribution in [0.3, 0.4) is 0 Å². The number of methoxy groups -OCH3 is 1. The molecule has 2 amide bonds. The molecule has 0 spiro atoms. The number of amides is 2. The van der Waals surface area contributed by atoms with Crippen LogP contribution in [-0.4, -0.2) is 54.6 Å². The molecule has 0 unspecified atom stereocenters. The van der Waals surface area contributed by atoms with Crippen molar-refractivity contribution in [2.75, 3.05) is 38.6 Å². The normalized spacial score (nSPS) is 14.6. The lowest BCUT2D eigenvalue weighted by atomic mass is 9.97. The second-order valence-corrected chi connectivity index (χ2v) is 8.28. The largest absolute Gasteiger partial charge is 0.497 e. The van der Waals surface area contributed by atoms with Crippen molar-refractivity contribution in [3.8, 4) is 17.5 Å². The van der Waals surface area contributed by atoms with E-state index < -0.39 is 0 Å². The zero-order chi connectivity index (χ0) is 23.3. The lowest BCUT2D eigenvalue weighted by Crippen LogP contribution is -2.41. The molecule has 1 saturated heterocycles. The monoisotopic (exact) mass is 437 g/mol. The topological polar surface area (TPSA) is 99.4 Å². The van der Waals surface area contributed by atoms with Gasteiger partial charge < -0.3 is 15.4 Å². The van der Waals surface area contributed by atoms with Gasteiger partial charge >= 0.3 is 0 Å². The Morgan fingerprint density at radius 3 is 2.41 bits per heavy atom. The number of anilines is 1. The zero-order valence-electron chi connectivity index (χ0n) is 19.2. The minimum absolute atomic E-state index is 0.00875. The summed E-state index contributed by atoms with van der Waals surface area (Å²) in [5.41, 5.74) is 3.07. The molecule has 8 heteroatoms. The quantitative estimate of drug-likeness (QED) is 0.694. The van der Waals surface area contributed by atoms with Gasteiger partial charge in [0.2, 0.25) is 11.8 Å². The van der Waals surface area contributed by atoms with Crippen molar-refractivity contribution in [2.24, 2.45) is 5.92 Å². The molecule has 2 heterocycles. The minimum atomic E-state index is -0.144. The van der Waals surface area contributed by atoms with Gasteiger partial charge in [-0.15, -0.1) is 0 Å². The zero-order valence-corrected chi connectivity index (χ0v) is 19.2. The van der Waals surface area contributed by atoms with Crippen LogP contribution in [0.15, 0.2) is 24.3 Å². The number of nitrogens with one attached hydrogen (secondary N) is 2. The first-order valence-corrected chi connectivity index (χ1v) is 10.9. The fourth-order valence-corrected chi connectivity index (χ4v) is 4.13. The predicted octanol–water partition coefficient (Wildman–Crippen LogP) is 2.76. The molecule has 0 aliphatic carbocycles. The van der Waals surface area contributed by atoms with Crippen LogP contribution in [0.5, 0.6) is 5.75 Å². The van der Waals surface area contributed by atoms with Crippen molar-refractivity contribution >= 4 is 17.6 Å². The summed E-state index contributed by atoms with van der Waals surface area (Å²) in [4.78, 5) is 26.1. The van der Waals surface area contributed by atoms with Crippen LogP contribution >= 0.6 is 0 Å². The number of hydrogen-bond acceptors (Lipinski definition) is 5. The highest BCUT2D eigenvalue weighted by Gasteiger charge is 2.24. The summed E-state index contributed by atoms with van der Waals surface area (Å²) < 4.78 is 7.15. The number of aromatic nitrogens is 1. The Hall–Kier alpha value is -3.31. The van der Waals surface area contributed by atoms with E-state index in [-0.39, 0.29) is 18.4 Å². The molecular formula is C24H31N5O3. The first kappa shape index (κ1) is 23.4. The molecule has 1 aromatic heterocycles. The van der Waals surface area contributed by atoms with E-state index in [1.807, 2.05) is 42.7 Å². The van der Waals surface area contributed by atoms with E-state index in [1.54, 1.807) is 7.11 Å². The van der Waals surface area contributed by atoms with E-state index in [2.05, 4.69) is 21.6 Å². The van der Waals surface area contributed by atoms with Gasteiger partial charge in [-0.2, -0.15) is 5.26 Å². The molecule has 1 aliphatic heterocycles. The summed E-state index contributed by atoms with van der Waals surface area (Å²) in [6.45, 7) is 7.93. The average molecular weight is 438 g/mol. The van der Waals surface area contributed by atoms with Crippen LogP contribution in [0.25, 0.3) is 5.69 Å². The molecular weight excluding hydrogens is 406 g/mol. The third-order valence-corrected chi connectivity index (χ3v) is 6.13. The molecule has 0 bridgehead atoms. The van der Waals surface area contributed by atoms with Gasteiger partial charge in [0.15, 0.2) is 0 Å². The van der Waals surface area contributed by atoms with Crippen molar-refractivity contribution in [1.29, 1.82) is 5.26 Å². The Morgan fingerprint density at radius 1 is 1.19 bits per heavy atom. The molecule has 0 saturated carbocycles. The number of carbonyl (C=O) groups excluding carboxylic acids is 2. The Bertz CT molecular complexity index is 1010. The maximum absolute atomic E-state index is 12.9. The summed E-state index contributed by atoms with van der Waals surface area (Å²) in [6, 6.07) is 9.76. The average Bonchev–Trinajstić information content (AvgIpc) is 3.02. The fraction of sp³-hybridized carbons (Fsp3) is 0.458. The van der Waals surface area contributed by atoms with Gasteiger partial charge in [0.25, 0.3) is 0 Å². The molecule has 2 aromatic rings. The molecule has 3 rings (SSSR count). The number of carbonyl (C=O) groups is 2. The Balaban J connectivity index is 1.71. The molecule has 0 radical (unpaired) electrons. The van der Waals surface area contributed by atoms with E-state index in [0.29, 0.717) is 23.8 Å². The van der Waals surface area contributed by atoms with Gasteiger partial charge in [0, 0.05) is 24.8 Å². The van der Waals surface area contributed by atoms with E-state index in [0.717, 1.165) is 48.6 Å². The van der Waals surface area contributed by atoms with Crippen LogP contribution in [0.4, 0.5) is 5.82 Å². The molecule has 32 heavy (non-hydrogen) atoms. The second kappa shape index (κ2) is 10.3. The van der Waals surface area contributed by atoms with Crippen molar-refractivity contribution in [3.63, 3.8) is 0 Å². The first-order chi connectivity index (χ1) is 15.3. The first-order valence-electron chi connectivity index (χ1n) is 10.9. The Kier molecular flexibility index (Phi) is 7.54. The van der Waals surface area contributed by atoms with Crippen LogP contribution in [0.1, 0.15) is 36.6 Å². The lowest BCUT2D eigenvalue weighted by Gasteiger charge is -2.31. The standard InChI is InChI=1S/C24H31N5O3/c1-16-17(2)29(20-5-7-21(32-4)8-6-20)24(22(16)13-25)27-23(31)15-28-11-9-19(10-12-28)14-26-18(3)30/h5-8,19H,9-12,14-15H2,1-4H3,(H,26,30)(H,27,31). The second-order valence-electron chi connectivity index (χ2n) is 8.28. The summed E-state index contributed by atoms with van der Waals surface area (Å²) in [5, 5.41) is 15.6. The Morgan fingerprint density at radius 2 is 1.84 bits per heavy atom. The maximum atomic E-state index is 12.9. The molecule has 8 nitrogen and oxygen atoms in total. The van der Waals surface area contributed by atoms with E-state index in [1.165, 1.54) is 6.92 Å². The number of nitrogens with zero attached hydrogens (tertiary/aromatic N) is 3. The van der Waals surface area contributed by atoms with Gasteiger partial charge in [-0.25, -0.2) is 0 Å². The third-order valence-electron chi connectivity index (χ3n) is 6.13. The van der Waals surface area contributed by atoms with E-state index in [9.17, 15) is 14.9 Å². The van der Waals surface area contributed by atoms with Crippen LogP contribution in [0, 0.1) is 31.1 Å². The van der Waals surface area contributed by atoms with Crippen molar-refractivity contribution in [2.45, 2.75) is 33.6 Å². The number of rotatable bonds is 7. The highest BCUT2D eigenvalue weighted by atomic mass is 16.5. The number of benzene rings is 1. The SMILES string of the molecule is COc1ccc(-n2c(C)c(C)c(C#N)c2NC(=O)CN2CCC(CNC(C)=O)CC2)cc1. The number of piperidine rings is 1. The maximum Gasteiger partial charge on any atom is 0.239 e. The van der Waals surface area contributed by atoms with Crippen molar-refractivity contribution in [1.82, 2.24) is 14.8 Å². The molecule has 1 aliphatic rings. The minimum Gasteiger partial charge on any atom is -0.497 e. The summed E-state index contributed by atoms with van der Waals surface area (Å²) in [6.07, 6.45) is 1.88. The van der Waals surface area contributed by atoms with Crippen LogP contribution < -0.4 is 15.4 Å². The third kappa shape index (κ3) is 5.29. The number of hydrogen-bond donors (Lipinski definition) is 2. The van der Waals surface area contributed by atoms with E-state index >= 15 is 0 Å². The predicted molar refractivity (Wildman–Crippen MR) is 123 cm³/mol. The van der Waals surface area contributed by atoms with Gasteiger partial charge in [0.05, 0.1) is 19.2 Å². The highest BCUT2D eigenvalue weighted by Crippen LogP contribution is 2.30. The Labute approximate surface area is 189 Å². The van der Waals surface area contributed by atoms with Gasteiger partial charge in [-0.1, -0.05) is 0 Å². The molecule has 1 aromatic carbocycles. The molecule has 170 valence electrons. The highest BCUT2D eigenvalue weighted by molar-refractivity contribution is 5.93. The van der Waals surface area contributed by atoms with Crippen LogP contribution in [0.2, 0.25) is 0 Å². The summed E-state index contributed by atoms with van der Waals surface area (Å²) in [5.74, 6) is 1.53. The van der Waals surface area contributed by atoms with Crippen molar-refractivity contribution < 1.29 is 14.3 Å². The van der Waals surface area contributed by atoms with Crippen LogP contribution in [-0.2, 0) is 9.59 Å². The van der Waals surface area contributed by atoms with Crippen molar-refractivity contribution in [3.05, 3.63) is 41.1 Å². The van der Waals surface area contributed by atoms with Gasteiger partial charge in [-0.3, -0.25) is 19.1 Å². The van der Waals surface area contributed by atoms with E-state index in [4.69, 9.17) is 4.74 Å². The fourth-order valence-electron chi connectivity index (χ4n) is 4.13. The van der Waals surface area contributed by atoms with Gasteiger partial charge in [-0.05, 0) is 75.5 Å². The number of ether oxygens (including phenoxy) is 1. The summed E-state index contributed by atoms with van der Waals surface area (Å²) in [7, 11) is 1.61. The molecule has 0 atom stereocenters. The summed E-state index contributed by atoms with van der Waals surface area (Å²) >= 11 is 0. The molecule has 2 N–H and O–H groups in total. The lowest BCUT2D eigenvalue weighted by molar-refractivity contribution is -0.119. The number of likely N-dealkylation sites (tertiary alicyclic amines) is 1. The smallest absolute Gasteiger partial charge is 0.239 e.